The van der Waals surface area contributed by atoms with E-state index in [0.29, 0.717) is 0 Å². The van der Waals surface area contributed by atoms with Crippen molar-refractivity contribution in [3.05, 3.63) is 0 Å². The molecule has 0 heterocycles. The quantitative estimate of drug-likeness (QED) is 0.325. The smallest absolute Gasteiger partial charge is 0.302 e. The van der Waals surface area contributed by atoms with Gasteiger partial charge in [0.05, 0.1) is 39.6 Å². The molecule has 174 valence electrons. The van der Waals surface area contributed by atoms with Crippen molar-refractivity contribution >= 4 is 23.5 Å². The predicted octanol–water partition coefficient (Wildman–Crippen LogP) is 3.48. The van der Waals surface area contributed by atoms with Crippen molar-refractivity contribution in [1.82, 2.24) is 0 Å². The molecule has 28 heavy (non-hydrogen) atoms. The van der Waals surface area contributed by atoms with Gasteiger partial charge in [0, 0.05) is 17.4 Å². The largest absolute Gasteiger partial charge is 0.472 e. The summed E-state index contributed by atoms with van der Waals surface area (Å²) in [6.07, 6.45) is 0. The van der Waals surface area contributed by atoms with Crippen molar-refractivity contribution in [2.75, 3.05) is 39.6 Å². The van der Waals surface area contributed by atoms with Crippen LogP contribution in [0.3, 0.4) is 0 Å². The van der Waals surface area contributed by atoms with E-state index in [0.717, 1.165) is 0 Å². The number of hydrogen-bond donors (Lipinski definition) is 3. The first kappa shape index (κ1) is 36.2. The number of rotatable bonds is 12. The minimum atomic E-state index is -3.69. The molecule has 0 spiro atoms. The maximum atomic E-state index is 10.5. The van der Waals surface area contributed by atoms with Crippen molar-refractivity contribution < 1.29 is 72.9 Å². The fourth-order valence-corrected chi connectivity index (χ4v) is 3.27. The third-order valence-corrected chi connectivity index (χ3v) is 5.26. The van der Waals surface area contributed by atoms with Crippen LogP contribution in [0.25, 0.3) is 0 Å². The van der Waals surface area contributed by atoms with Gasteiger partial charge in [0.1, 0.15) is 0 Å². The SMILES string of the molecule is CCOP(=O)(O)OCC.CCOP(=O)(O)OCC.CCOP(=O)(O)OCC.[Cr]. The predicted molar refractivity (Wildman–Crippen MR) is 99.2 cm³/mol. The molecule has 0 fully saturated rings. The van der Waals surface area contributed by atoms with Gasteiger partial charge >= 0.3 is 23.5 Å². The second kappa shape index (κ2) is 21.1. The van der Waals surface area contributed by atoms with E-state index < -0.39 is 23.5 Å². The maximum absolute atomic E-state index is 10.5. The molecule has 0 saturated heterocycles. The van der Waals surface area contributed by atoms with Gasteiger partial charge in [-0.3, -0.25) is 27.1 Å². The zero-order chi connectivity index (χ0) is 22.0. The summed E-state index contributed by atoms with van der Waals surface area (Å²) < 4.78 is 57.7. The first-order valence-corrected chi connectivity index (χ1v) is 12.7. The van der Waals surface area contributed by atoms with Gasteiger partial charge in [0.2, 0.25) is 0 Å². The van der Waals surface area contributed by atoms with Crippen molar-refractivity contribution in [3.8, 4) is 0 Å². The van der Waals surface area contributed by atoms with Gasteiger partial charge in [-0.1, -0.05) is 0 Å². The molecule has 3 N–H and O–H groups in total. The number of phosphoric ester groups is 3. The van der Waals surface area contributed by atoms with Crippen molar-refractivity contribution in [2.24, 2.45) is 0 Å². The summed E-state index contributed by atoms with van der Waals surface area (Å²) in [5.74, 6) is 0. The Morgan fingerprint density at radius 2 is 0.571 bits per heavy atom. The van der Waals surface area contributed by atoms with Crippen molar-refractivity contribution in [2.45, 2.75) is 41.5 Å². The second-order valence-corrected chi connectivity index (χ2v) is 8.27. The zero-order valence-corrected chi connectivity index (χ0v) is 21.0. The summed E-state index contributed by atoms with van der Waals surface area (Å²) in [4.78, 5) is 25.9. The Balaban J connectivity index is -0.000000152. The first-order valence-electron chi connectivity index (χ1n) is 8.22. The molecule has 0 amide bonds. The van der Waals surface area contributed by atoms with Gasteiger partial charge in [-0.2, -0.15) is 0 Å². The number of phosphoric acid groups is 3. The summed E-state index contributed by atoms with van der Waals surface area (Å²) in [7, 11) is -11.1. The van der Waals surface area contributed by atoms with Gasteiger partial charge in [0.15, 0.2) is 0 Å². The van der Waals surface area contributed by atoms with E-state index >= 15 is 0 Å². The molecule has 0 aromatic heterocycles. The summed E-state index contributed by atoms with van der Waals surface area (Å²) >= 11 is 0. The van der Waals surface area contributed by atoms with Crippen LogP contribution < -0.4 is 0 Å². The molecule has 0 radical (unpaired) electrons. The molecular weight excluding hydrogens is 481 g/mol. The normalized spacial score (nSPS) is 11.5. The molecule has 16 heteroatoms. The Labute approximate surface area is 177 Å². The Kier molecular flexibility index (Phi) is 27.3. The van der Waals surface area contributed by atoms with Crippen LogP contribution in [-0.2, 0) is 58.2 Å². The van der Waals surface area contributed by atoms with Gasteiger partial charge in [-0.25, -0.2) is 13.7 Å². The maximum Gasteiger partial charge on any atom is 0.472 e. The summed E-state index contributed by atoms with van der Waals surface area (Å²) in [6, 6.07) is 0. The molecular formula is C12H33CrO12P3. The van der Waals surface area contributed by atoms with Gasteiger partial charge in [-0.15, -0.1) is 0 Å². The first-order chi connectivity index (χ1) is 12.4. The van der Waals surface area contributed by atoms with E-state index in [1.54, 1.807) is 41.5 Å². The van der Waals surface area contributed by atoms with E-state index in [1.807, 2.05) is 0 Å². The van der Waals surface area contributed by atoms with Crippen LogP contribution in [-0.4, -0.2) is 54.3 Å². The Morgan fingerprint density at radius 3 is 0.643 bits per heavy atom. The Bertz CT molecular complexity index is 382. The standard InChI is InChI=1S/3C4H11O4P.Cr/c3*1-3-7-9(5,6)8-4-2;/h3*3-4H2,1-2H3,(H,5,6);. The van der Waals surface area contributed by atoms with Crippen LogP contribution in [0, 0.1) is 0 Å². The fourth-order valence-electron chi connectivity index (χ4n) is 1.09. The molecule has 0 unspecified atom stereocenters. The van der Waals surface area contributed by atoms with Crippen LogP contribution in [0.5, 0.6) is 0 Å². The molecule has 0 rings (SSSR count). The zero-order valence-electron chi connectivity index (χ0n) is 17.0. The molecule has 0 atom stereocenters. The molecule has 0 aliphatic carbocycles. The van der Waals surface area contributed by atoms with Gasteiger partial charge in [-0.05, 0) is 41.5 Å². The molecule has 0 bridgehead atoms. The van der Waals surface area contributed by atoms with Crippen LogP contribution >= 0.6 is 23.5 Å². The average molecular weight is 514 g/mol. The van der Waals surface area contributed by atoms with E-state index in [4.69, 9.17) is 14.7 Å². The summed E-state index contributed by atoms with van der Waals surface area (Å²) in [6.45, 7) is 10.9. The minimum Gasteiger partial charge on any atom is -0.302 e. The van der Waals surface area contributed by atoms with Crippen molar-refractivity contribution in [1.29, 1.82) is 0 Å². The topological polar surface area (TPSA) is 167 Å². The van der Waals surface area contributed by atoms with E-state index in [9.17, 15) is 13.7 Å². The molecule has 0 aromatic rings. The molecule has 0 aromatic carbocycles. The van der Waals surface area contributed by atoms with Crippen LogP contribution in [0.1, 0.15) is 41.5 Å². The molecule has 0 aliphatic rings. The van der Waals surface area contributed by atoms with Crippen LogP contribution in [0.15, 0.2) is 0 Å². The van der Waals surface area contributed by atoms with E-state index in [1.165, 1.54) is 0 Å². The van der Waals surface area contributed by atoms with Crippen molar-refractivity contribution in [3.63, 3.8) is 0 Å². The monoisotopic (exact) mass is 514 g/mol. The molecule has 0 aliphatic heterocycles. The summed E-state index contributed by atoms with van der Waals surface area (Å²) in [5.41, 5.74) is 0. The Morgan fingerprint density at radius 1 is 0.464 bits per heavy atom. The van der Waals surface area contributed by atoms with Gasteiger partial charge < -0.3 is 14.7 Å². The second-order valence-electron chi connectivity index (χ2n) is 3.91. The Hall–Kier alpha value is 0.862. The van der Waals surface area contributed by atoms with Crippen LogP contribution in [0.4, 0.5) is 0 Å². The van der Waals surface area contributed by atoms with Crippen LogP contribution in [0.2, 0.25) is 0 Å². The third-order valence-electron chi connectivity index (χ3n) is 1.75. The third kappa shape index (κ3) is 29.1. The van der Waals surface area contributed by atoms with E-state index in [2.05, 4.69) is 27.1 Å². The number of hydrogen-bond acceptors (Lipinski definition) is 9. The fraction of sp³-hybridized carbons (Fsp3) is 1.00. The molecule has 12 nitrogen and oxygen atoms in total. The minimum absolute atomic E-state index is 0. The molecule has 0 saturated carbocycles. The average Bonchev–Trinajstić information content (AvgIpc) is 2.47. The summed E-state index contributed by atoms with van der Waals surface area (Å²) in [5, 5.41) is 0. The van der Waals surface area contributed by atoms with Gasteiger partial charge in [0.25, 0.3) is 0 Å². The van der Waals surface area contributed by atoms with E-state index in [-0.39, 0.29) is 57.0 Å².